The van der Waals surface area contributed by atoms with Gasteiger partial charge in [-0.3, -0.25) is 0 Å². The van der Waals surface area contributed by atoms with E-state index in [4.69, 9.17) is 0 Å². The van der Waals surface area contributed by atoms with Crippen molar-refractivity contribution >= 4 is 0 Å². The molecular formula is C72H48. The van der Waals surface area contributed by atoms with E-state index in [1.54, 1.807) is 0 Å². The highest BCUT2D eigenvalue weighted by molar-refractivity contribution is 6.11. The first kappa shape index (κ1) is 42.7. The molecule has 0 bridgehead atoms. The molecular weight excluding hydrogens is 865 g/mol. The fraction of sp³-hybridized carbons (Fsp3) is 0. The first-order valence-corrected chi connectivity index (χ1v) is 24.9. The molecule has 0 saturated carbocycles. The van der Waals surface area contributed by atoms with E-state index in [-0.39, 0.29) is 0 Å². The van der Waals surface area contributed by atoms with Crippen molar-refractivity contribution in [2.45, 2.75) is 0 Å². The lowest BCUT2D eigenvalue weighted by atomic mass is 9.74. The van der Waals surface area contributed by atoms with Crippen molar-refractivity contribution in [2.75, 3.05) is 0 Å². The van der Waals surface area contributed by atoms with Crippen LogP contribution in [0.5, 0.6) is 0 Å². The van der Waals surface area contributed by atoms with Crippen molar-refractivity contribution in [1.82, 2.24) is 0 Å². The largest absolute Gasteiger partial charge is 0.0622 e. The zero-order chi connectivity index (χ0) is 47.8. The van der Waals surface area contributed by atoms with E-state index in [0.29, 0.717) is 0 Å². The smallest absolute Gasteiger partial charge is 0.00921 e. The molecule has 0 heterocycles. The van der Waals surface area contributed by atoms with E-state index < -0.39 is 0 Å². The van der Waals surface area contributed by atoms with Crippen molar-refractivity contribution in [3.63, 3.8) is 0 Å². The van der Waals surface area contributed by atoms with Crippen LogP contribution in [0, 0.1) is 0 Å². The summed E-state index contributed by atoms with van der Waals surface area (Å²) in [6.07, 6.45) is 0. The summed E-state index contributed by atoms with van der Waals surface area (Å²) < 4.78 is 0. The molecule has 0 saturated heterocycles. The van der Waals surface area contributed by atoms with Crippen LogP contribution >= 0.6 is 0 Å². The minimum Gasteiger partial charge on any atom is -0.0622 e. The van der Waals surface area contributed by atoms with Crippen molar-refractivity contribution in [3.8, 4) is 134 Å². The SMILES string of the molecule is c1ccc(-c2cc3c(cc2-c2ccccc2)-c2cc(-c4ccccc4)c(-c4ccccc4)cc2-c2cc(-c4ccccc4)c(-c4ccccc4)cc2-c2cc(-c4ccccc4)c(-c4ccccc4)cc2-3)cc1. The molecule has 72 heavy (non-hydrogen) atoms. The Balaban J connectivity index is 1.26. The second-order valence-electron chi connectivity index (χ2n) is 18.7. The van der Waals surface area contributed by atoms with Crippen LogP contribution in [0.4, 0.5) is 0 Å². The summed E-state index contributed by atoms with van der Waals surface area (Å²) in [7, 11) is 0. The fourth-order valence-corrected chi connectivity index (χ4v) is 11.0. The number of benzene rings is 12. The minimum absolute atomic E-state index is 1.18. The molecule has 0 aliphatic heterocycles. The first-order valence-electron chi connectivity index (χ1n) is 24.9. The highest BCUT2D eigenvalue weighted by Gasteiger charge is 2.29. The average molecular weight is 913 g/mol. The van der Waals surface area contributed by atoms with Gasteiger partial charge in [0.15, 0.2) is 0 Å². The lowest BCUT2D eigenvalue weighted by Crippen LogP contribution is -2.03. The molecule has 0 aromatic heterocycles. The normalized spacial score (nSPS) is 11.3. The molecule has 0 nitrogen and oxygen atoms in total. The molecule has 0 atom stereocenters. The summed E-state index contributed by atoms with van der Waals surface area (Å²) in [6.45, 7) is 0. The molecule has 12 aromatic carbocycles. The van der Waals surface area contributed by atoms with Crippen LogP contribution in [0.2, 0.25) is 0 Å². The molecule has 0 N–H and O–H groups in total. The summed E-state index contributed by atoms with van der Waals surface area (Å²) in [5.41, 5.74) is 28.4. The topological polar surface area (TPSA) is 0 Å². The van der Waals surface area contributed by atoms with Gasteiger partial charge in [0.2, 0.25) is 0 Å². The molecule has 0 unspecified atom stereocenters. The van der Waals surface area contributed by atoms with Crippen molar-refractivity contribution in [2.24, 2.45) is 0 Å². The number of hydrogen-bond acceptors (Lipinski definition) is 0. The maximum atomic E-state index is 2.50. The van der Waals surface area contributed by atoms with Crippen LogP contribution in [-0.2, 0) is 0 Å². The lowest BCUT2D eigenvalue weighted by Gasteiger charge is -2.29. The maximum absolute atomic E-state index is 2.50. The number of rotatable bonds is 8. The fourth-order valence-electron chi connectivity index (χ4n) is 11.0. The average Bonchev–Trinajstić information content (AvgIpc) is 3.47. The third-order valence-electron chi connectivity index (χ3n) is 14.5. The van der Waals surface area contributed by atoms with Crippen molar-refractivity contribution in [1.29, 1.82) is 0 Å². The van der Waals surface area contributed by atoms with E-state index in [1.807, 2.05) is 0 Å². The van der Waals surface area contributed by atoms with Crippen molar-refractivity contribution < 1.29 is 0 Å². The Kier molecular flexibility index (Phi) is 11.0. The molecule has 1 aliphatic carbocycles. The van der Waals surface area contributed by atoms with Gasteiger partial charge in [-0.1, -0.05) is 243 Å². The summed E-state index contributed by atoms with van der Waals surface area (Å²) in [6, 6.07) is 108. The second-order valence-corrected chi connectivity index (χ2v) is 18.7. The standard InChI is InChI=1S/C72H48/c1-9-25-49(26-10-1)57-41-65-66(42-58(57)50-27-11-2-12-28-50)68-44-60(52-31-15-4-16-32-52)62(54-35-19-6-20-36-54)46-70(68)72-48-64(56-39-23-8-24-40-56)63(55-37-21-7-22-38-55)47-71(72)69-45-61(53-33-17-5-18-34-53)59(43-67(65)69)51-29-13-3-14-30-51/h1-48H. The van der Waals surface area contributed by atoms with Gasteiger partial charge < -0.3 is 0 Å². The van der Waals surface area contributed by atoms with Gasteiger partial charge in [-0.25, -0.2) is 0 Å². The zero-order valence-corrected chi connectivity index (χ0v) is 39.7. The van der Waals surface area contributed by atoms with Crippen LogP contribution in [0.1, 0.15) is 0 Å². The molecule has 1 aliphatic rings. The van der Waals surface area contributed by atoms with Gasteiger partial charge in [0.1, 0.15) is 0 Å². The van der Waals surface area contributed by atoms with Gasteiger partial charge in [0.25, 0.3) is 0 Å². The van der Waals surface area contributed by atoms with Crippen LogP contribution in [0.25, 0.3) is 134 Å². The lowest BCUT2D eigenvalue weighted by molar-refractivity contribution is 1.49. The monoisotopic (exact) mass is 912 g/mol. The molecule has 13 rings (SSSR count). The zero-order valence-electron chi connectivity index (χ0n) is 39.7. The molecule has 12 aromatic rings. The quantitative estimate of drug-likeness (QED) is 0.142. The van der Waals surface area contributed by atoms with Crippen LogP contribution < -0.4 is 0 Å². The highest BCUT2D eigenvalue weighted by Crippen LogP contribution is 2.56. The molecule has 0 amide bonds. The van der Waals surface area contributed by atoms with E-state index in [0.717, 1.165) is 0 Å². The first-order chi connectivity index (χ1) is 35.7. The number of fused-ring (bicyclic) bond motifs is 8. The van der Waals surface area contributed by atoms with Crippen LogP contribution in [0.15, 0.2) is 291 Å². The summed E-state index contributed by atoms with van der Waals surface area (Å²) >= 11 is 0. The number of hydrogen-bond donors (Lipinski definition) is 0. The molecule has 0 heteroatoms. The Bertz CT molecular complexity index is 3070. The molecule has 0 spiro atoms. The highest BCUT2D eigenvalue weighted by atomic mass is 14.3. The van der Waals surface area contributed by atoms with Crippen LogP contribution in [0.3, 0.4) is 0 Å². The Hall–Kier alpha value is -9.36. The Morgan fingerprint density at radius 3 is 0.292 bits per heavy atom. The third-order valence-corrected chi connectivity index (χ3v) is 14.5. The molecule has 336 valence electrons. The van der Waals surface area contributed by atoms with E-state index in [2.05, 4.69) is 291 Å². The summed E-state index contributed by atoms with van der Waals surface area (Å²) in [5, 5.41) is 0. The summed E-state index contributed by atoms with van der Waals surface area (Å²) in [4.78, 5) is 0. The second kappa shape index (κ2) is 18.5. The Labute approximate surface area is 422 Å². The van der Waals surface area contributed by atoms with E-state index in [9.17, 15) is 0 Å². The van der Waals surface area contributed by atoms with Gasteiger partial charge >= 0.3 is 0 Å². The van der Waals surface area contributed by atoms with Crippen LogP contribution in [-0.4, -0.2) is 0 Å². The van der Waals surface area contributed by atoms with Gasteiger partial charge in [-0.05, 0) is 182 Å². The molecule has 0 fully saturated rings. The van der Waals surface area contributed by atoms with Gasteiger partial charge in [0.05, 0.1) is 0 Å². The maximum Gasteiger partial charge on any atom is -0.00921 e. The molecule has 0 radical (unpaired) electrons. The minimum atomic E-state index is 1.18. The predicted molar refractivity (Wildman–Crippen MR) is 305 cm³/mol. The summed E-state index contributed by atoms with van der Waals surface area (Å²) in [5.74, 6) is 0. The van der Waals surface area contributed by atoms with E-state index in [1.165, 1.54) is 134 Å². The van der Waals surface area contributed by atoms with Crippen molar-refractivity contribution in [3.05, 3.63) is 291 Å². The Morgan fingerprint density at radius 1 is 0.0972 bits per heavy atom. The van der Waals surface area contributed by atoms with Gasteiger partial charge in [0, 0.05) is 0 Å². The third kappa shape index (κ3) is 7.77. The van der Waals surface area contributed by atoms with E-state index >= 15 is 0 Å². The van der Waals surface area contributed by atoms with Gasteiger partial charge in [-0.15, -0.1) is 0 Å². The predicted octanol–water partition coefficient (Wildman–Crippen LogP) is 20.0. The Morgan fingerprint density at radius 2 is 0.194 bits per heavy atom. The van der Waals surface area contributed by atoms with Gasteiger partial charge in [-0.2, -0.15) is 0 Å².